The summed E-state index contributed by atoms with van der Waals surface area (Å²) < 4.78 is 0. The zero-order valence-corrected chi connectivity index (χ0v) is 24.6. The number of amides is 2. The lowest BCUT2D eigenvalue weighted by Crippen LogP contribution is -2.53. The van der Waals surface area contributed by atoms with E-state index in [0.717, 1.165) is 63.7 Å². The van der Waals surface area contributed by atoms with E-state index in [2.05, 4.69) is 62.6 Å². The Bertz CT molecular complexity index is 1020. The number of allylic oxidation sites excluding steroid dienone is 1. The topological polar surface area (TPSA) is 43.9 Å². The molecule has 204 valence electrons. The molecular weight excluding hydrogens is 458 g/mol. The monoisotopic (exact) mass is 507 g/mol. The average molecular weight is 508 g/mol. The highest BCUT2D eigenvalue weighted by molar-refractivity contribution is 5.94. The van der Waals surface area contributed by atoms with Crippen molar-refractivity contribution in [2.24, 2.45) is 22.7 Å². The first-order valence-corrected chi connectivity index (χ1v) is 14.3. The van der Waals surface area contributed by atoms with Crippen molar-refractivity contribution in [3.05, 3.63) is 47.0 Å². The summed E-state index contributed by atoms with van der Waals surface area (Å²) in [7, 11) is 0. The zero-order valence-electron chi connectivity index (χ0n) is 24.6. The quantitative estimate of drug-likeness (QED) is 0.470. The summed E-state index contributed by atoms with van der Waals surface area (Å²) in [4.78, 5) is 33.0. The van der Waals surface area contributed by atoms with Crippen LogP contribution < -0.4 is 0 Å². The molecule has 1 saturated heterocycles. The number of hydrogen-bond donors (Lipinski definition) is 0. The van der Waals surface area contributed by atoms with Gasteiger partial charge in [0.1, 0.15) is 0 Å². The molecule has 1 aliphatic heterocycles. The fraction of sp³-hybridized carbons (Fsp3) is 0.688. The number of benzene rings is 1. The van der Waals surface area contributed by atoms with Gasteiger partial charge in [-0.05, 0) is 53.2 Å². The van der Waals surface area contributed by atoms with Gasteiger partial charge in [-0.25, -0.2) is 0 Å². The molecule has 0 aromatic heterocycles. The lowest BCUT2D eigenvalue weighted by Gasteiger charge is -2.57. The van der Waals surface area contributed by atoms with Crippen LogP contribution >= 0.6 is 0 Å². The lowest BCUT2D eigenvalue weighted by molar-refractivity contribution is -0.139. The van der Waals surface area contributed by atoms with Crippen LogP contribution in [0.4, 0.5) is 0 Å². The lowest BCUT2D eigenvalue weighted by atomic mass is 9.49. The van der Waals surface area contributed by atoms with Crippen molar-refractivity contribution >= 4 is 11.8 Å². The van der Waals surface area contributed by atoms with Gasteiger partial charge in [0, 0.05) is 56.8 Å². The van der Waals surface area contributed by atoms with E-state index in [4.69, 9.17) is 0 Å². The van der Waals surface area contributed by atoms with Crippen LogP contribution in [0.15, 0.2) is 35.9 Å². The number of rotatable bonds is 6. The van der Waals surface area contributed by atoms with Crippen LogP contribution in [-0.2, 0) is 10.2 Å². The van der Waals surface area contributed by atoms with Gasteiger partial charge < -0.3 is 9.80 Å². The molecule has 37 heavy (non-hydrogen) atoms. The molecule has 2 amide bonds. The third-order valence-electron chi connectivity index (χ3n) is 9.23. The van der Waals surface area contributed by atoms with Gasteiger partial charge in [-0.1, -0.05) is 79.2 Å². The first-order chi connectivity index (χ1) is 17.2. The van der Waals surface area contributed by atoms with Crippen molar-refractivity contribution in [2.45, 2.75) is 73.6 Å². The van der Waals surface area contributed by atoms with E-state index in [1.165, 1.54) is 17.6 Å². The molecule has 2 atom stereocenters. The molecule has 3 aliphatic carbocycles. The van der Waals surface area contributed by atoms with Crippen LogP contribution in [0.2, 0.25) is 0 Å². The summed E-state index contributed by atoms with van der Waals surface area (Å²) >= 11 is 0. The predicted octanol–water partition coefficient (Wildman–Crippen LogP) is 5.61. The Kier molecular flexibility index (Phi) is 7.69. The van der Waals surface area contributed by atoms with E-state index in [9.17, 15) is 9.59 Å². The fourth-order valence-corrected chi connectivity index (χ4v) is 6.34. The molecule has 5 rings (SSSR count). The van der Waals surface area contributed by atoms with Gasteiger partial charge >= 0.3 is 0 Å². The van der Waals surface area contributed by atoms with Gasteiger partial charge in [0.15, 0.2) is 0 Å². The number of carbonyl (C=O) groups is 2. The summed E-state index contributed by atoms with van der Waals surface area (Å²) in [6.07, 6.45) is 4.86. The van der Waals surface area contributed by atoms with Crippen LogP contribution in [0.1, 0.15) is 84.2 Å². The molecule has 2 unspecified atom stereocenters. The second-order valence-corrected chi connectivity index (χ2v) is 14.3. The SMILES string of the molecule is CC(C)(C)C(=O)N(CCN1CCN(C(=O)c2ccc(C(C)(C)C)cc2)CC1)CC1=CCC2CC1C2(C)C. The standard InChI is InChI=1S/C32H49N3O2/c1-30(2,3)25-12-9-23(10-13-25)28(36)34-18-15-33(16-19-34)17-20-35(29(37)31(4,5)6)22-24-11-14-26-21-27(24)32(26,7)8/h9-13,26-27H,14-22H2,1-8H3. The van der Waals surface area contributed by atoms with E-state index in [-0.39, 0.29) is 22.6 Å². The molecule has 5 heteroatoms. The van der Waals surface area contributed by atoms with E-state index in [1.807, 2.05) is 37.8 Å². The molecule has 1 saturated carbocycles. The molecule has 1 aromatic carbocycles. The number of fused-ring (bicyclic) bond motifs is 1. The van der Waals surface area contributed by atoms with Crippen molar-refractivity contribution in [3.8, 4) is 0 Å². The second kappa shape index (κ2) is 10.2. The van der Waals surface area contributed by atoms with Crippen molar-refractivity contribution < 1.29 is 9.59 Å². The third-order valence-corrected chi connectivity index (χ3v) is 9.23. The summed E-state index contributed by atoms with van der Waals surface area (Å²) in [5.74, 6) is 1.78. The Hall–Kier alpha value is -2.14. The summed E-state index contributed by atoms with van der Waals surface area (Å²) in [6, 6.07) is 8.10. The number of piperazine rings is 1. The third kappa shape index (κ3) is 5.97. The number of carbonyl (C=O) groups excluding carboxylic acids is 2. The normalized spacial score (nSPS) is 23.8. The molecule has 2 fully saturated rings. The molecule has 0 radical (unpaired) electrons. The first kappa shape index (κ1) is 27.9. The van der Waals surface area contributed by atoms with Gasteiger partial charge in [0.2, 0.25) is 5.91 Å². The van der Waals surface area contributed by atoms with Gasteiger partial charge in [-0.15, -0.1) is 0 Å². The Morgan fingerprint density at radius 3 is 2.11 bits per heavy atom. The minimum absolute atomic E-state index is 0.0828. The van der Waals surface area contributed by atoms with E-state index in [0.29, 0.717) is 11.3 Å². The van der Waals surface area contributed by atoms with Gasteiger partial charge in [-0.3, -0.25) is 14.5 Å². The molecule has 0 spiro atoms. The molecule has 2 bridgehead atoms. The fourth-order valence-electron chi connectivity index (χ4n) is 6.34. The van der Waals surface area contributed by atoms with Crippen LogP contribution in [0, 0.1) is 22.7 Å². The van der Waals surface area contributed by atoms with Gasteiger partial charge in [-0.2, -0.15) is 0 Å². The van der Waals surface area contributed by atoms with E-state index < -0.39 is 0 Å². The summed E-state index contributed by atoms with van der Waals surface area (Å²) in [5, 5.41) is 0. The second-order valence-electron chi connectivity index (χ2n) is 14.3. The Morgan fingerprint density at radius 1 is 0.973 bits per heavy atom. The Morgan fingerprint density at radius 2 is 1.59 bits per heavy atom. The number of nitrogens with zero attached hydrogens (tertiary/aromatic N) is 3. The zero-order chi connectivity index (χ0) is 27.2. The molecule has 1 aromatic rings. The van der Waals surface area contributed by atoms with Crippen LogP contribution in [0.25, 0.3) is 0 Å². The van der Waals surface area contributed by atoms with E-state index >= 15 is 0 Å². The van der Waals surface area contributed by atoms with Crippen LogP contribution in [0.3, 0.4) is 0 Å². The van der Waals surface area contributed by atoms with Crippen molar-refractivity contribution in [3.63, 3.8) is 0 Å². The van der Waals surface area contributed by atoms with Crippen molar-refractivity contribution in [2.75, 3.05) is 45.8 Å². The largest absolute Gasteiger partial charge is 0.337 e. The number of hydrogen-bond acceptors (Lipinski definition) is 3. The summed E-state index contributed by atoms with van der Waals surface area (Å²) in [6.45, 7) is 23.0. The van der Waals surface area contributed by atoms with Crippen LogP contribution in [-0.4, -0.2) is 72.3 Å². The Balaban J connectivity index is 1.32. The minimum Gasteiger partial charge on any atom is -0.337 e. The first-order valence-electron chi connectivity index (χ1n) is 14.3. The summed E-state index contributed by atoms with van der Waals surface area (Å²) in [5.41, 5.74) is 3.55. The highest BCUT2D eigenvalue weighted by Crippen LogP contribution is 2.59. The molecule has 1 heterocycles. The maximum absolute atomic E-state index is 13.4. The van der Waals surface area contributed by atoms with Crippen molar-refractivity contribution in [1.29, 1.82) is 0 Å². The van der Waals surface area contributed by atoms with Gasteiger partial charge in [0.05, 0.1) is 0 Å². The Labute approximate surface area is 225 Å². The van der Waals surface area contributed by atoms with Crippen molar-refractivity contribution in [1.82, 2.24) is 14.7 Å². The maximum Gasteiger partial charge on any atom is 0.253 e. The maximum atomic E-state index is 13.4. The highest BCUT2D eigenvalue weighted by Gasteiger charge is 2.51. The average Bonchev–Trinajstić information content (AvgIpc) is 2.85. The van der Waals surface area contributed by atoms with E-state index in [1.54, 1.807) is 0 Å². The van der Waals surface area contributed by atoms with Crippen LogP contribution in [0.5, 0.6) is 0 Å². The predicted molar refractivity (Wildman–Crippen MR) is 152 cm³/mol. The van der Waals surface area contributed by atoms with Gasteiger partial charge in [0.25, 0.3) is 5.91 Å². The smallest absolute Gasteiger partial charge is 0.253 e. The highest BCUT2D eigenvalue weighted by atomic mass is 16.2. The molecule has 4 aliphatic rings. The molecule has 5 nitrogen and oxygen atoms in total. The molecular formula is C32H49N3O2. The molecule has 0 N–H and O–H groups in total. The minimum atomic E-state index is -0.388.